The SMILES string of the molecule is Bc1ccc(Cl)c(C)c1. The molecule has 1 aromatic rings. The Kier molecular flexibility index (Phi) is 1.82. The number of rotatable bonds is 0. The largest absolute Gasteiger partial charge is 0.139 e. The summed E-state index contributed by atoms with van der Waals surface area (Å²) in [5, 5.41) is 0.848. The Bertz CT molecular complexity index is 220. The fraction of sp³-hybridized carbons (Fsp3) is 0.143. The molecule has 0 aliphatic heterocycles. The zero-order valence-electron chi connectivity index (χ0n) is 5.61. The molecule has 0 aliphatic carbocycles. The average Bonchev–Trinajstić information content (AvgIpc) is 1.80. The van der Waals surface area contributed by atoms with Crippen molar-refractivity contribution >= 4 is 24.9 Å². The van der Waals surface area contributed by atoms with E-state index >= 15 is 0 Å². The first-order valence-electron chi connectivity index (χ1n) is 2.93. The second-order valence-corrected chi connectivity index (χ2v) is 2.66. The van der Waals surface area contributed by atoms with Gasteiger partial charge in [0.05, 0.1) is 0 Å². The van der Waals surface area contributed by atoms with Crippen molar-refractivity contribution < 1.29 is 0 Å². The van der Waals surface area contributed by atoms with E-state index in [-0.39, 0.29) is 0 Å². The maximum Gasteiger partial charge on any atom is 0.139 e. The summed E-state index contributed by atoms with van der Waals surface area (Å²) in [7, 11) is 2.06. The van der Waals surface area contributed by atoms with Crippen molar-refractivity contribution in [2.24, 2.45) is 0 Å². The molecule has 0 nitrogen and oxygen atoms in total. The lowest BCUT2D eigenvalue weighted by Crippen LogP contribution is -2.00. The van der Waals surface area contributed by atoms with E-state index in [1.807, 2.05) is 19.1 Å². The Morgan fingerprint density at radius 2 is 2.11 bits per heavy atom. The van der Waals surface area contributed by atoms with Crippen LogP contribution in [0.15, 0.2) is 18.2 Å². The first-order chi connectivity index (χ1) is 4.20. The quantitative estimate of drug-likeness (QED) is 0.468. The van der Waals surface area contributed by atoms with Crippen LogP contribution in [0.4, 0.5) is 0 Å². The van der Waals surface area contributed by atoms with Gasteiger partial charge in [0, 0.05) is 5.02 Å². The van der Waals surface area contributed by atoms with Crippen LogP contribution >= 0.6 is 11.6 Å². The van der Waals surface area contributed by atoms with Crippen molar-refractivity contribution in [3.63, 3.8) is 0 Å². The monoisotopic (exact) mass is 138 g/mol. The Balaban J connectivity index is 3.17. The predicted molar refractivity (Wildman–Crippen MR) is 44.4 cm³/mol. The van der Waals surface area contributed by atoms with Gasteiger partial charge < -0.3 is 0 Å². The molecule has 0 fully saturated rings. The van der Waals surface area contributed by atoms with Crippen molar-refractivity contribution in [2.75, 3.05) is 0 Å². The third-order valence-electron chi connectivity index (χ3n) is 1.31. The minimum absolute atomic E-state index is 0.848. The van der Waals surface area contributed by atoms with Crippen LogP contribution in [0.25, 0.3) is 0 Å². The molecular weight excluding hydrogens is 130 g/mol. The van der Waals surface area contributed by atoms with Gasteiger partial charge in [-0.1, -0.05) is 29.2 Å². The van der Waals surface area contributed by atoms with Crippen molar-refractivity contribution in [1.29, 1.82) is 0 Å². The summed E-state index contributed by atoms with van der Waals surface area (Å²) < 4.78 is 0. The highest BCUT2D eigenvalue weighted by molar-refractivity contribution is 6.34. The summed E-state index contributed by atoms with van der Waals surface area (Å²) in [5.41, 5.74) is 2.41. The normalized spacial score (nSPS) is 9.56. The Morgan fingerprint density at radius 1 is 1.44 bits per heavy atom. The van der Waals surface area contributed by atoms with Gasteiger partial charge in [-0.2, -0.15) is 0 Å². The fourth-order valence-corrected chi connectivity index (χ4v) is 0.912. The van der Waals surface area contributed by atoms with E-state index in [2.05, 4.69) is 13.9 Å². The van der Waals surface area contributed by atoms with Gasteiger partial charge in [-0.15, -0.1) is 0 Å². The molecule has 0 atom stereocenters. The van der Waals surface area contributed by atoms with Crippen LogP contribution in [0.5, 0.6) is 0 Å². The highest BCUT2D eigenvalue weighted by Gasteiger charge is 1.91. The summed E-state index contributed by atoms with van der Waals surface area (Å²) >= 11 is 5.78. The summed E-state index contributed by atoms with van der Waals surface area (Å²) in [6, 6.07) is 6.00. The van der Waals surface area contributed by atoms with Gasteiger partial charge in [-0.25, -0.2) is 0 Å². The molecule has 0 bridgehead atoms. The van der Waals surface area contributed by atoms with Crippen LogP contribution in [0.2, 0.25) is 5.02 Å². The zero-order chi connectivity index (χ0) is 6.85. The van der Waals surface area contributed by atoms with Crippen LogP contribution < -0.4 is 5.46 Å². The highest BCUT2D eigenvalue weighted by atomic mass is 35.5. The maximum atomic E-state index is 5.78. The lowest BCUT2D eigenvalue weighted by atomic mass is 9.95. The van der Waals surface area contributed by atoms with Crippen molar-refractivity contribution in [3.05, 3.63) is 28.8 Å². The molecule has 0 aliphatic rings. The molecule has 2 heteroatoms. The molecule has 0 heterocycles. The number of aryl methyl sites for hydroxylation is 1. The number of halogens is 1. The van der Waals surface area contributed by atoms with Crippen LogP contribution in [0.1, 0.15) is 5.56 Å². The molecule has 0 aromatic heterocycles. The Hall–Kier alpha value is -0.425. The van der Waals surface area contributed by atoms with Crippen LogP contribution in [-0.2, 0) is 0 Å². The van der Waals surface area contributed by atoms with Gasteiger partial charge in [-0.3, -0.25) is 0 Å². The maximum absolute atomic E-state index is 5.78. The standard InChI is InChI=1S/C7H8BCl/c1-5-4-6(8)2-3-7(5)9/h2-4H,8H2,1H3. The van der Waals surface area contributed by atoms with Crippen LogP contribution in [-0.4, -0.2) is 7.85 Å². The number of hydrogen-bond donors (Lipinski definition) is 0. The average molecular weight is 138 g/mol. The molecule has 0 spiro atoms. The second kappa shape index (κ2) is 2.44. The summed E-state index contributed by atoms with van der Waals surface area (Å²) in [6.45, 7) is 2.01. The predicted octanol–water partition coefficient (Wildman–Crippen LogP) is 0.907. The molecule has 0 saturated carbocycles. The Morgan fingerprint density at radius 3 is 2.56 bits per heavy atom. The molecule has 0 amide bonds. The lowest BCUT2D eigenvalue weighted by Gasteiger charge is -1.96. The smallest absolute Gasteiger partial charge is 0.0886 e. The molecule has 9 heavy (non-hydrogen) atoms. The van der Waals surface area contributed by atoms with Gasteiger partial charge in [0.1, 0.15) is 7.85 Å². The number of hydrogen-bond acceptors (Lipinski definition) is 0. The third kappa shape index (κ3) is 1.49. The van der Waals surface area contributed by atoms with Crippen molar-refractivity contribution in [3.8, 4) is 0 Å². The zero-order valence-corrected chi connectivity index (χ0v) is 6.37. The van der Waals surface area contributed by atoms with Gasteiger partial charge in [0.25, 0.3) is 0 Å². The topological polar surface area (TPSA) is 0 Å². The molecular formula is C7H8BCl. The summed E-state index contributed by atoms with van der Waals surface area (Å²) in [5.74, 6) is 0. The van der Waals surface area contributed by atoms with E-state index in [4.69, 9.17) is 11.6 Å². The van der Waals surface area contributed by atoms with E-state index in [1.54, 1.807) is 0 Å². The molecule has 46 valence electrons. The molecule has 0 N–H and O–H groups in total. The van der Waals surface area contributed by atoms with Crippen LogP contribution in [0, 0.1) is 6.92 Å². The Labute approximate surface area is 61.3 Å². The lowest BCUT2D eigenvalue weighted by molar-refractivity contribution is 1.49. The first-order valence-corrected chi connectivity index (χ1v) is 3.30. The van der Waals surface area contributed by atoms with Gasteiger partial charge in [0.15, 0.2) is 0 Å². The molecule has 1 aromatic carbocycles. The fourth-order valence-electron chi connectivity index (χ4n) is 0.795. The van der Waals surface area contributed by atoms with Crippen LogP contribution in [0.3, 0.4) is 0 Å². The van der Waals surface area contributed by atoms with E-state index in [9.17, 15) is 0 Å². The van der Waals surface area contributed by atoms with Gasteiger partial charge in [0.2, 0.25) is 0 Å². The minimum Gasteiger partial charge on any atom is -0.0886 e. The summed E-state index contributed by atoms with van der Waals surface area (Å²) in [6.07, 6.45) is 0. The summed E-state index contributed by atoms with van der Waals surface area (Å²) in [4.78, 5) is 0. The highest BCUT2D eigenvalue weighted by Crippen LogP contribution is 2.10. The molecule has 0 saturated heterocycles. The van der Waals surface area contributed by atoms with Gasteiger partial charge >= 0.3 is 0 Å². The van der Waals surface area contributed by atoms with E-state index in [0.717, 1.165) is 10.6 Å². The van der Waals surface area contributed by atoms with Gasteiger partial charge in [-0.05, 0) is 18.6 Å². The third-order valence-corrected chi connectivity index (χ3v) is 1.74. The van der Waals surface area contributed by atoms with Crippen molar-refractivity contribution in [1.82, 2.24) is 0 Å². The van der Waals surface area contributed by atoms with E-state index < -0.39 is 0 Å². The second-order valence-electron chi connectivity index (χ2n) is 2.25. The number of benzene rings is 1. The molecule has 1 rings (SSSR count). The molecule has 0 radical (unpaired) electrons. The first kappa shape index (κ1) is 6.69. The van der Waals surface area contributed by atoms with E-state index in [0.29, 0.717) is 0 Å². The molecule has 0 unspecified atom stereocenters. The van der Waals surface area contributed by atoms with E-state index in [1.165, 1.54) is 5.46 Å². The van der Waals surface area contributed by atoms with Crippen molar-refractivity contribution in [2.45, 2.75) is 6.92 Å². The minimum atomic E-state index is 0.848.